The third-order valence-corrected chi connectivity index (χ3v) is 6.75. The summed E-state index contributed by atoms with van der Waals surface area (Å²) in [6.07, 6.45) is 6.52. The zero-order valence-corrected chi connectivity index (χ0v) is 23.8. The van der Waals surface area contributed by atoms with Crippen molar-refractivity contribution in [3.63, 3.8) is 0 Å². The summed E-state index contributed by atoms with van der Waals surface area (Å²) in [5.41, 5.74) is 2.62. The summed E-state index contributed by atoms with van der Waals surface area (Å²) in [7, 11) is 0. The lowest BCUT2D eigenvalue weighted by atomic mass is 10.2. The number of nitrogens with zero attached hydrogens (tertiary/aromatic N) is 8. The number of piperazine rings is 1. The first-order valence-corrected chi connectivity index (χ1v) is 13.9. The molecule has 1 aliphatic heterocycles. The predicted octanol–water partition coefficient (Wildman–Crippen LogP) is 4.91. The summed E-state index contributed by atoms with van der Waals surface area (Å²) in [5, 5.41) is 5.48. The van der Waals surface area contributed by atoms with Crippen LogP contribution in [-0.4, -0.2) is 72.5 Å². The van der Waals surface area contributed by atoms with Crippen molar-refractivity contribution < 1.29 is 14.3 Å². The molecule has 0 saturated carbocycles. The van der Waals surface area contributed by atoms with Crippen LogP contribution in [0.3, 0.4) is 0 Å². The van der Waals surface area contributed by atoms with Crippen molar-refractivity contribution in [2.24, 2.45) is 0 Å². The lowest BCUT2D eigenvalue weighted by Crippen LogP contribution is -2.50. The second-order valence-electron chi connectivity index (χ2n) is 11.0. The molecular weight excluding hydrogens is 532 g/mol. The highest BCUT2D eigenvalue weighted by molar-refractivity contribution is 5.82. The number of benzene rings is 1. The molecule has 0 N–H and O–H groups in total. The number of rotatable bonds is 6. The number of pyridine rings is 2. The first-order valence-electron chi connectivity index (χ1n) is 13.9. The summed E-state index contributed by atoms with van der Waals surface area (Å²) in [5.74, 6) is 1.93. The van der Waals surface area contributed by atoms with Crippen molar-refractivity contribution in [2.75, 3.05) is 31.1 Å². The second kappa shape index (κ2) is 11.4. The first kappa shape index (κ1) is 27.1. The van der Waals surface area contributed by atoms with E-state index in [-0.39, 0.29) is 6.09 Å². The van der Waals surface area contributed by atoms with Crippen LogP contribution in [0.25, 0.3) is 28.1 Å². The van der Waals surface area contributed by atoms with Gasteiger partial charge in [-0.3, -0.25) is 9.97 Å². The van der Waals surface area contributed by atoms with E-state index in [1.807, 2.05) is 75.4 Å². The molecule has 0 atom stereocenters. The predicted molar refractivity (Wildman–Crippen MR) is 158 cm³/mol. The molecule has 1 amide bonds. The van der Waals surface area contributed by atoms with Gasteiger partial charge in [0.15, 0.2) is 5.82 Å². The quantitative estimate of drug-likeness (QED) is 0.284. The monoisotopic (exact) mass is 564 g/mol. The van der Waals surface area contributed by atoms with E-state index in [1.165, 1.54) is 0 Å². The Kier molecular flexibility index (Phi) is 7.39. The van der Waals surface area contributed by atoms with Crippen molar-refractivity contribution in [2.45, 2.75) is 33.0 Å². The van der Waals surface area contributed by atoms with Crippen LogP contribution in [0.5, 0.6) is 5.88 Å². The van der Waals surface area contributed by atoms with E-state index < -0.39 is 5.60 Å². The fourth-order valence-corrected chi connectivity index (χ4v) is 4.67. The summed E-state index contributed by atoms with van der Waals surface area (Å²) >= 11 is 0. The topological polar surface area (TPSA) is 111 Å². The largest absolute Gasteiger partial charge is 0.472 e. The highest BCUT2D eigenvalue weighted by Crippen LogP contribution is 2.25. The molecule has 0 spiro atoms. The number of anilines is 1. The van der Waals surface area contributed by atoms with Gasteiger partial charge >= 0.3 is 6.09 Å². The van der Waals surface area contributed by atoms with E-state index >= 15 is 0 Å². The molecule has 4 aromatic heterocycles. The molecule has 6 rings (SSSR count). The minimum atomic E-state index is -0.516. The third-order valence-electron chi connectivity index (χ3n) is 6.75. The maximum Gasteiger partial charge on any atom is 0.410 e. The molecular formula is C31H32N8O3. The molecule has 0 aliphatic carbocycles. The van der Waals surface area contributed by atoms with Crippen LogP contribution >= 0.6 is 0 Å². The molecule has 42 heavy (non-hydrogen) atoms. The van der Waals surface area contributed by atoms with Gasteiger partial charge in [-0.15, -0.1) is 0 Å². The lowest BCUT2D eigenvalue weighted by molar-refractivity contribution is 0.0240. The molecule has 0 unspecified atom stereocenters. The van der Waals surface area contributed by atoms with Crippen molar-refractivity contribution >= 4 is 22.8 Å². The number of amides is 1. The number of aromatic nitrogens is 6. The van der Waals surface area contributed by atoms with E-state index in [2.05, 4.69) is 25.0 Å². The smallest absolute Gasteiger partial charge is 0.410 e. The Morgan fingerprint density at radius 3 is 2.43 bits per heavy atom. The average molecular weight is 565 g/mol. The minimum Gasteiger partial charge on any atom is -0.472 e. The number of carbonyl (C=O) groups excluding carboxylic acids is 1. The molecule has 1 aromatic carbocycles. The Morgan fingerprint density at radius 2 is 1.64 bits per heavy atom. The maximum absolute atomic E-state index is 12.5. The number of fused-ring (bicyclic) bond motifs is 1. The van der Waals surface area contributed by atoms with Gasteiger partial charge in [-0.05, 0) is 44.5 Å². The molecule has 1 fully saturated rings. The molecule has 214 valence electrons. The van der Waals surface area contributed by atoms with E-state index in [9.17, 15) is 4.79 Å². The van der Waals surface area contributed by atoms with Gasteiger partial charge in [-0.1, -0.05) is 36.4 Å². The Hall–Kier alpha value is -5.06. The molecule has 0 bridgehead atoms. The molecule has 5 heterocycles. The van der Waals surface area contributed by atoms with Gasteiger partial charge in [0.25, 0.3) is 0 Å². The first-order chi connectivity index (χ1) is 20.3. The van der Waals surface area contributed by atoms with Crippen molar-refractivity contribution in [1.29, 1.82) is 0 Å². The third kappa shape index (κ3) is 6.14. The summed E-state index contributed by atoms with van der Waals surface area (Å²) in [6.45, 7) is 8.47. The van der Waals surface area contributed by atoms with E-state index in [0.717, 1.165) is 22.3 Å². The van der Waals surface area contributed by atoms with Crippen molar-refractivity contribution in [1.82, 2.24) is 34.6 Å². The molecule has 1 aliphatic rings. The maximum atomic E-state index is 12.5. The van der Waals surface area contributed by atoms with Crippen LogP contribution in [0.1, 0.15) is 26.3 Å². The van der Waals surface area contributed by atoms with Crippen LogP contribution < -0.4 is 9.64 Å². The van der Waals surface area contributed by atoms with E-state index in [0.29, 0.717) is 55.9 Å². The van der Waals surface area contributed by atoms with Crippen molar-refractivity contribution in [3.8, 4) is 23.1 Å². The van der Waals surface area contributed by atoms with Crippen LogP contribution in [0, 0.1) is 0 Å². The summed E-state index contributed by atoms with van der Waals surface area (Å²) in [6, 6.07) is 17.7. The fourth-order valence-electron chi connectivity index (χ4n) is 4.67. The number of hydrogen-bond acceptors (Lipinski definition) is 9. The standard InChI is InChI=1S/C31H32N8O3/c1-31(2,3)42-30(40)38-14-12-37(13-15-38)27-10-7-11-28(36-27)39-26-16-24(33-17-23(26)18-34-39)25-19-32-20-29(35-25)41-21-22-8-5-4-6-9-22/h4-11,16-20H,12-15,21H2,1-3H3. The van der Waals surface area contributed by atoms with Crippen molar-refractivity contribution in [3.05, 3.63) is 84.9 Å². The Bertz CT molecular complexity index is 1690. The summed E-state index contributed by atoms with van der Waals surface area (Å²) in [4.78, 5) is 34.8. The van der Waals surface area contributed by atoms with E-state index in [4.69, 9.17) is 14.5 Å². The van der Waals surface area contributed by atoms with Crippen LogP contribution in [0.2, 0.25) is 0 Å². The average Bonchev–Trinajstić information content (AvgIpc) is 3.43. The molecule has 1 saturated heterocycles. The highest BCUT2D eigenvalue weighted by atomic mass is 16.6. The zero-order valence-electron chi connectivity index (χ0n) is 23.8. The highest BCUT2D eigenvalue weighted by Gasteiger charge is 2.26. The lowest BCUT2D eigenvalue weighted by Gasteiger charge is -2.36. The van der Waals surface area contributed by atoms with Crippen LogP contribution in [-0.2, 0) is 11.3 Å². The SMILES string of the molecule is CC(C)(C)OC(=O)N1CCN(c2cccc(-n3ncc4cnc(-c5cncc(OCc6ccccc6)n5)cc43)n2)CC1. The number of carbonyl (C=O) groups is 1. The number of hydrogen-bond donors (Lipinski definition) is 0. The van der Waals surface area contributed by atoms with Gasteiger partial charge in [0.1, 0.15) is 23.7 Å². The van der Waals surface area contributed by atoms with Gasteiger partial charge in [0, 0.05) is 37.8 Å². The van der Waals surface area contributed by atoms with Crippen LogP contribution in [0.4, 0.5) is 10.6 Å². The fraction of sp³-hybridized carbons (Fsp3) is 0.290. The second-order valence-corrected chi connectivity index (χ2v) is 11.0. The van der Waals surface area contributed by atoms with E-state index in [1.54, 1.807) is 34.4 Å². The Morgan fingerprint density at radius 1 is 0.857 bits per heavy atom. The van der Waals surface area contributed by atoms with Gasteiger partial charge < -0.3 is 19.3 Å². The molecule has 11 nitrogen and oxygen atoms in total. The number of ether oxygens (including phenoxy) is 2. The van der Waals surface area contributed by atoms with Gasteiger partial charge in [-0.25, -0.2) is 19.4 Å². The minimum absolute atomic E-state index is 0.283. The van der Waals surface area contributed by atoms with Crippen LogP contribution in [0.15, 0.2) is 79.4 Å². The zero-order chi connectivity index (χ0) is 29.1. The summed E-state index contributed by atoms with van der Waals surface area (Å²) < 4.78 is 13.2. The molecule has 5 aromatic rings. The van der Waals surface area contributed by atoms with Gasteiger partial charge in [-0.2, -0.15) is 5.10 Å². The van der Waals surface area contributed by atoms with Gasteiger partial charge in [0.2, 0.25) is 5.88 Å². The normalized spacial score (nSPS) is 13.8. The molecule has 11 heteroatoms. The Balaban J connectivity index is 1.19. The Labute approximate surface area is 243 Å². The molecule has 0 radical (unpaired) electrons. The van der Waals surface area contributed by atoms with Gasteiger partial charge in [0.05, 0.1) is 29.8 Å².